The van der Waals surface area contributed by atoms with Crippen LogP contribution in [0.5, 0.6) is 0 Å². The minimum atomic E-state index is -3.30. The topological polar surface area (TPSA) is 249 Å². The third kappa shape index (κ3) is 5.66. The van der Waals surface area contributed by atoms with Gasteiger partial charge in [0, 0.05) is 12.1 Å². The van der Waals surface area contributed by atoms with Gasteiger partial charge >= 0.3 is 5.97 Å². The van der Waals surface area contributed by atoms with Crippen molar-refractivity contribution in [1.82, 2.24) is 0 Å². The van der Waals surface area contributed by atoms with Gasteiger partial charge < -0.3 is 19.7 Å². The molecule has 0 aliphatic heterocycles. The number of nitro groups is 4. The molecule has 2 rings (SSSR count). The van der Waals surface area contributed by atoms with E-state index in [1.807, 2.05) is 0 Å². The van der Waals surface area contributed by atoms with E-state index in [0.717, 1.165) is 0 Å². The summed E-state index contributed by atoms with van der Waals surface area (Å²) in [5.41, 5.74) is -9.02. The van der Waals surface area contributed by atoms with Crippen LogP contribution in [0.3, 0.4) is 0 Å². The Balaban J connectivity index is 2.78. The van der Waals surface area contributed by atoms with Crippen molar-refractivity contribution in [3.05, 3.63) is 88.0 Å². The molecule has 17 nitrogen and oxygen atoms in total. The fourth-order valence-electron chi connectivity index (χ4n) is 3.01. The van der Waals surface area contributed by atoms with E-state index in [1.165, 1.54) is 0 Å². The Kier molecular flexibility index (Phi) is 8.38. The molecule has 2 N–H and O–H groups in total. The zero-order valence-electron chi connectivity index (χ0n) is 17.5. The molecule has 0 unspecified atom stereocenters. The first-order valence-electron chi connectivity index (χ1n) is 9.40. The normalized spacial score (nSPS) is 11.0. The monoisotopic (exact) mass is 496 g/mol. The molecular formula is C18H16N4O13. The first-order chi connectivity index (χ1) is 16.4. The zero-order chi connectivity index (χ0) is 26.3. The van der Waals surface area contributed by atoms with Gasteiger partial charge in [-0.1, -0.05) is 0 Å². The summed E-state index contributed by atoms with van der Waals surface area (Å²) in [7, 11) is 0. The van der Waals surface area contributed by atoms with Crippen LogP contribution < -0.4 is 0 Å². The van der Waals surface area contributed by atoms with Crippen LogP contribution in [0, 0.1) is 40.5 Å². The number of esters is 1. The molecule has 0 fully saturated rings. The van der Waals surface area contributed by atoms with Crippen LogP contribution in [0.25, 0.3) is 0 Å². The van der Waals surface area contributed by atoms with Gasteiger partial charge in [0.05, 0.1) is 62.8 Å². The lowest BCUT2D eigenvalue weighted by Gasteiger charge is -2.26. The Labute approximate surface area is 193 Å². The Hall–Kier alpha value is -4.61. The molecule has 2 aromatic rings. The van der Waals surface area contributed by atoms with Gasteiger partial charge in [-0.3, -0.25) is 40.5 Å². The summed E-state index contributed by atoms with van der Waals surface area (Å²) in [6.07, 6.45) is 0. The lowest BCUT2D eigenvalue weighted by molar-refractivity contribution is -0.396. The first-order valence-corrected chi connectivity index (χ1v) is 9.40. The van der Waals surface area contributed by atoms with E-state index in [1.54, 1.807) is 0 Å². The number of aliphatic hydroxyl groups excluding tert-OH is 1. The SMILES string of the molecule is O=C(OCCOCCO)C(O)(c1ccc([N+](=O)[O-])cc1[N+](=O)[O-])c1ccc([N+](=O)[O-])cc1[N+](=O)[O-]. The number of aliphatic hydroxyl groups is 2. The number of nitrogens with zero attached hydrogens (tertiary/aromatic N) is 4. The van der Waals surface area contributed by atoms with Crippen LogP contribution in [-0.4, -0.2) is 62.3 Å². The second kappa shape index (κ2) is 11.0. The molecule has 0 aromatic heterocycles. The molecule has 17 heteroatoms. The smallest absolute Gasteiger partial charge is 0.348 e. The average Bonchev–Trinajstić information content (AvgIpc) is 2.82. The standard InChI is InChI=1S/C18H16N4O13/c23-5-6-34-7-8-35-17(24)18(25,13-3-1-11(19(26)27)9-15(13)21(30)31)14-4-2-12(20(28)29)10-16(14)22(32)33/h1-4,9-10,23,25H,5-8H2. The van der Waals surface area contributed by atoms with Gasteiger partial charge in [0.1, 0.15) is 6.61 Å². The maximum Gasteiger partial charge on any atom is 0.348 e. The van der Waals surface area contributed by atoms with Crippen molar-refractivity contribution < 1.29 is 44.2 Å². The molecule has 35 heavy (non-hydrogen) atoms. The Morgan fingerprint density at radius 3 is 1.60 bits per heavy atom. The molecule has 0 saturated carbocycles. The maximum absolute atomic E-state index is 13.0. The molecule has 0 aliphatic carbocycles. The second-order valence-electron chi connectivity index (χ2n) is 6.61. The van der Waals surface area contributed by atoms with E-state index in [9.17, 15) is 50.4 Å². The number of ether oxygens (including phenoxy) is 2. The van der Waals surface area contributed by atoms with Crippen molar-refractivity contribution in [2.24, 2.45) is 0 Å². The molecular weight excluding hydrogens is 480 g/mol. The van der Waals surface area contributed by atoms with Crippen LogP contribution in [0.2, 0.25) is 0 Å². The van der Waals surface area contributed by atoms with Crippen molar-refractivity contribution in [1.29, 1.82) is 0 Å². The third-order valence-electron chi connectivity index (χ3n) is 4.55. The summed E-state index contributed by atoms with van der Waals surface area (Å²) >= 11 is 0. The molecule has 0 amide bonds. The highest BCUT2D eigenvalue weighted by atomic mass is 16.6. The second-order valence-corrected chi connectivity index (χ2v) is 6.61. The largest absolute Gasteiger partial charge is 0.461 e. The third-order valence-corrected chi connectivity index (χ3v) is 4.55. The number of carbonyl (C=O) groups is 1. The molecule has 0 bridgehead atoms. The van der Waals surface area contributed by atoms with E-state index in [-0.39, 0.29) is 19.8 Å². The van der Waals surface area contributed by atoms with Crippen molar-refractivity contribution >= 4 is 28.7 Å². The number of hydrogen-bond donors (Lipinski definition) is 2. The highest BCUT2D eigenvalue weighted by molar-refractivity contribution is 5.89. The molecule has 0 saturated heterocycles. The summed E-state index contributed by atoms with van der Waals surface area (Å²) in [4.78, 5) is 54.1. The highest BCUT2D eigenvalue weighted by Crippen LogP contribution is 2.43. The van der Waals surface area contributed by atoms with Crippen molar-refractivity contribution in [3.8, 4) is 0 Å². The summed E-state index contributed by atoms with van der Waals surface area (Å²) in [5, 5.41) is 65.5. The summed E-state index contributed by atoms with van der Waals surface area (Å²) < 4.78 is 9.77. The molecule has 186 valence electrons. The molecule has 2 aromatic carbocycles. The van der Waals surface area contributed by atoms with Gasteiger partial charge in [-0.15, -0.1) is 0 Å². The predicted molar refractivity (Wildman–Crippen MR) is 111 cm³/mol. The van der Waals surface area contributed by atoms with Gasteiger partial charge in [-0.2, -0.15) is 0 Å². The Morgan fingerprint density at radius 1 is 0.771 bits per heavy atom. The van der Waals surface area contributed by atoms with Gasteiger partial charge in [-0.25, -0.2) is 4.79 Å². The summed E-state index contributed by atoms with van der Waals surface area (Å²) in [6.45, 7) is -1.36. The van der Waals surface area contributed by atoms with E-state index in [0.29, 0.717) is 36.4 Å². The van der Waals surface area contributed by atoms with Crippen molar-refractivity contribution in [3.63, 3.8) is 0 Å². The van der Waals surface area contributed by atoms with Gasteiger partial charge in [0.15, 0.2) is 0 Å². The van der Waals surface area contributed by atoms with E-state index < -0.39 is 71.7 Å². The fraction of sp³-hybridized carbons (Fsp3) is 0.278. The molecule has 0 aliphatic rings. The van der Waals surface area contributed by atoms with E-state index in [2.05, 4.69) is 0 Å². The van der Waals surface area contributed by atoms with Crippen LogP contribution in [0.15, 0.2) is 36.4 Å². The predicted octanol–water partition coefficient (Wildman–Crippen LogP) is 1.11. The van der Waals surface area contributed by atoms with Gasteiger partial charge in [0.2, 0.25) is 5.60 Å². The molecule has 0 heterocycles. The summed E-state index contributed by atoms with van der Waals surface area (Å²) in [6, 6.07) is 3.56. The highest BCUT2D eigenvalue weighted by Gasteiger charge is 2.50. The van der Waals surface area contributed by atoms with Crippen LogP contribution >= 0.6 is 0 Å². The zero-order valence-corrected chi connectivity index (χ0v) is 17.5. The number of nitro benzene ring substituents is 4. The molecule has 0 spiro atoms. The maximum atomic E-state index is 13.0. The number of benzene rings is 2. The van der Waals surface area contributed by atoms with E-state index in [4.69, 9.17) is 14.6 Å². The van der Waals surface area contributed by atoms with Crippen molar-refractivity contribution in [2.45, 2.75) is 5.60 Å². The van der Waals surface area contributed by atoms with Crippen LogP contribution in [-0.2, 0) is 19.9 Å². The molecule has 0 atom stereocenters. The van der Waals surface area contributed by atoms with Crippen molar-refractivity contribution in [2.75, 3.05) is 26.4 Å². The number of hydrogen-bond acceptors (Lipinski definition) is 13. The minimum Gasteiger partial charge on any atom is -0.461 e. The quantitative estimate of drug-likeness (QED) is 0.181. The Morgan fingerprint density at radius 2 is 1.23 bits per heavy atom. The minimum absolute atomic E-state index is 0.135. The average molecular weight is 496 g/mol. The first kappa shape index (κ1) is 26.6. The summed E-state index contributed by atoms with van der Waals surface area (Å²) in [5.74, 6) is -1.67. The van der Waals surface area contributed by atoms with Crippen LogP contribution in [0.1, 0.15) is 11.1 Å². The van der Waals surface area contributed by atoms with E-state index >= 15 is 0 Å². The fourth-order valence-corrected chi connectivity index (χ4v) is 3.01. The Bertz CT molecular complexity index is 1110. The lowest BCUT2D eigenvalue weighted by Crippen LogP contribution is -2.40. The van der Waals surface area contributed by atoms with Gasteiger partial charge in [-0.05, 0) is 12.1 Å². The number of carbonyl (C=O) groups excluding carboxylic acids is 1. The van der Waals surface area contributed by atoms with Crippen LogP contribution in [0.4, 0.5) is 22.7 Å². The lowest BCUT2D eigenvalue weighted by atomic mass is 9.84. The number of non-ortho nitro benzene ring substituents is 2. The number of rotatable bonds is 12. The molecule has 0 radical (unpaired) electrons. The van der Waals surface area contributed by atoms with Gasteiger partial charge in [0.25, 0.3) is 22.7 Å².